The summed E-state index contributed by atoms with van der Waals surface area (Å²) in [6, 6.07) is 7.22. The van der Waals surface area contributed by atoms with Crippen LogP contribution in [0.2, 0.25) is 0 Å². The van der Waals surface area contributed by atoms with E-state index in [-0.39, 0.29) is 17.3 Å². The predicted molar refractivity (Wildman–Crippen MR) is 89.6 cm³/mol. The molecule has 1 aliphatic rings. The minimum atomic E-state index is -3.20. The summed E-state index contributed by atoms with van der Waals surface area (Å²) in [7, 11) is -3.20. The van der Waals surface area contributed by atoms with Crippen LogP contribution in [0, 0.1) is 0 Å². The summed E-state index contributed by atoms with van der Waals surface area (Å²) in [5, 5.41) is 10.4. The molecule has 1 unspecified atom stereocenters. The predicted octanol–water partition coefficient (Wildman–Crippen LogP) is 1.73. The van der Waals surface area contributed by atoms with Crippen LogP contribution in [0.15, 0.2) is 33.7 Å². The van der Waals surface area contributed by atoms with Crippen molar-refractivity contribution >= 4 is 28.3 Å². The number of rotatable bonds is 5. The molecule has 1 aromatic heterocycles. The second-order valence-electron chi connectivity index (χ2n) is 5.39. The van der Waals surface area contributed by atoms with Crippen molar-refractivity contribution in [2.24, 2.45) is 0 Å². The Labute approximate surface area is 141 Å². The highest BCUT2D eigenvalue weighted by molar-refractivity contribution is 7.90. The summed E-state index contributed by atoms with van der Waals surface area (Å²) in [6.07, 6.45) is 3.50. The normalized spacial score (nSPS) is 17.7. The lowest BCUT2D eigenvalue weighted by Gasteiger charge is -2.08. The van der Waals surface area contributed by atoms with Crippen molar-refractivity contribution in [2.45, 2.75) is 23.8 Å². The molecular weight excluding hydrogens is 340 g/mol. The van der Waals surface area contributed by atoms with Crippen molar-refractivity contribution in [3.05, 3.63) is 24.3 Å². The Hall–Kier alpha value is -1.64. The van der Waals surface area contributed by atoms with Crippen LogP contribution >= 0.6 is 12.4 Å². The van der Waals surface area contributed by atoms with E-state index in [1.807, 2.05) is 0 Å². The van der Waals surface area contributed by atoms with Gasteiger partial charge in [-0.1, -0.05) is 5.16 Å². The number of hydrogen-bond donors (Lipinski definition) is 2. The number of aromatic nitrogens is 2. The monoisotopic (exact) mass is 358 g/mol. The highest BCUT2D eigenvalue weighted by atomic mass is 35.5. The fourth-order valence-electron chi connectivity index (χ4n) is 2.41. The molecule has 0 bridgehead atoms. The molecule has 2 aromatic rings. The number of hydrogen-bond acceptors (Lipinski definition) is 7. The Kier molecular flexibility index (Phi) is 5.61. The first-order chi connectivity index (χ1) is 10.5. The Morgan fingerprint density at radius 3 is 2.70 bits per heavy atom. The molecule has 1 atom stereocenters. The molecular formula is C14H19ClN4O3S. The van der Waals surface area contributed by atoms with Gasteiger partial charge >= 0.3 is 6.01 Å². The SMILES string of the molecule is CS(=O)(=O)c1ccc(-c2noc(NCC3CCCN3)n2)cc1.Cl. The maximum Gasteiger partial charge on any atom is 0.321 e. The Balaban J connectivity index is 0.00000192. The number of nitrogens with zero attached hydrogens (tertiary/aromatic N) is 2. The van der Waals surface area contributed by atoms with Crippen LogP contribution in [0.1, 0.15) is 12.8 Å². The lowest BCUT2D eigenvalue weighted by atomic mass is 10.2. The summed E-state index contributed by atoms with van der Waals surface area (Å²) >= 11 is 0. The van der Waals surface area contributed by atoms with E-state index in [1.165, 1.54) is 24.8 Å². The fourth-order valence-corrected chi connectivity index (χ4v) is 3.04. The van der Waals surface area contributed by atoms with Gasteiger partial charge in [0.1, 0.15) is 0 Å². The first kappa shape index (κ1) is 17.7. The van der Waals surface area contributed by atoms with Crippen LogP contribution in [0.25, 0.3) is 11.4 Å². The lowest BCUT2D eigenvalue weighted by Crippen LogP contribution is -2.29. The zero-order valence-electron chi connectivity index (χ0n) is 12.7. The van der Waals surface area contributed by atoms with Crippen molar-refractivity contribution in [1.82, 2.24) is 15.5 Å². The fraction of sp³-hybridized carbons (Fsp3) is 0.429. The summed E-state index contributed by atoms with van der Waals surface area (Å²) in [4.78, 5) is 4.54. The van der Waals surface area contributed by atoms with Crippen molar-refractivity contribution in [3.63, 3.8) is 0 Å². The second kappa shape index (κ2) is 7.29. The van der Waals surface area contributed by atoms with E-state index in [4.69, 9.17) is 4.52 Å². The maximum absolute atomic E-state index is 11.4. The lowest BCUT2D eigenvalue weighted by molar-refractivity contribution is 0.429. The van der Waals surface area contributed by atoms with Crippen molar-refractivity contribution in [1.29, 1.82) is 0 Å². The van der Waals surface area contributed by atoms with E-state index >= 15 is 0 Å². The van der Waals surface area contributed by atoms with Crippen LogP contribution < -0.4 is 10.6 Å². The van der Waals surface area contributed by atoms with Gasteiger partial charge in [0, 0.05) is 24.4 Å². The highest BCUT2D eigenvalue weighted by Crippen LogP contribution is 2.20. The van der Waals surface area contributed by atoms with Crippen molar-refractivity contribution in [3.8, 4) is 11.4 Å². The average molecular weight is 359 g/mol. The highest BCUT2D eigenvalue weighted by Gasteiger charge is 2.15. The number of nitrogens with one attached hydrogen (secondary N) is 2. The molecule has 2 N–H and O–H groups in total. The van der Waals surface area contributed by atoms with Gasteiger partial charge in [-0.15, -0.1) is 12.4 Å². The Bertz CT molecular complexity index is 740. The van der Waals surface area contributed by atoms with E-state index in [1.54, 1.807) is 12.1 Å². The smallest absolute Gasteiger partial charge is 0.321 e. The largest absolute Gasteiger partial charge is 0.336 e. The first-order valence-corrected chi connectivity index (χ1v) is 9.03. The van der Waals surface area contributed by atoms with Crippen LogP contribution in [0.5, 0.6) is 0 Å². The molecule has 126 valence electrons. The van der Waals surface area contributed by atoms with Gasteiger partial charge in [-0.3, -0.25) is 0 Å². The van der Waals surface area contributed by atoms with E-state index in [9.17, 15) is 8.42 Å². The molecule has 1 saturated heterocycles. The number of halogens is 1. The van der Waals surface area contributed by atoms with Crippen molar-refractivity contribution < 1.29 is 12.9 Å². The van der Waals surface area contributed by atoms with Crippen molar-refractivity contribution in [2.75, 3.05) is 24.7 Å². The van der Waals surface area contributed by atoms with E-state index < -0.39 is 9.84 Å². The molecule has 1 fully saturated rings. The maximum atomic E-state index is 11.4. The first-order valence-electron chi connectivity index (χ1n) is 7.14. The van der Waals surface area contributed by atoms with Crippen LogP contribution in [-0.4, -0.2) is 43.9 Å². The molecule has 0 saturated carbocycles. The molecule has 0 aliphatic carbocycles. The minimum Gasteiger partial charge on any atom is -0.336 e. The van der Waals surface area contributed by atoms with Gasteiger partial charge in [-0.25, -0.2) is 8.42 Å². The molecule has 2 heterocycles. The Morgan fingerprint density at radius 2 is 2.09 bits per heavy atom. The minimum absolute atomic E-state index is 0. The van der Waals surface area contributed by atoms with Crippen LogP contribution in [0.4, 0.5) is 6.01 Å². The standard InChI is InChI=1S/C14H18N4O3S.ClH/c1-22(19,20)12-6-4-10(5-7-12)13-17-14(21-18-13)16-9-11-3-2-8-15-11;/h4-7,11,15H,2-3,8-9H2,1H3,(H,16,17,18);1H. The molecule has 0 spiro atoms. The molecule has 1 aromatic carbocycles. The third-order valence-corrected chi connectivity index (χ3v) is 4.76. The molecule has 9 heteroatoms. The quantitative estimate of drug-likeness (QED) is 0.839. The average Bonchev–Trinajstić information content (AvgIpc) is 3.16. The molecule has 1 aliphatic heterocycles. The van der Waals surface area contributed by atoms with Crippen LogP contribution in [-0.2, 0) is 9.84 Å². The zero-order chi connectivity index (χ0) is 15.6. The molecule has 7 nitrogen and oxygen atoms in total. The Morgan fingerprint density at radius 1 is 1.35 bits per heavy atom. The molecule has 0 amide bonds. The van der Waals surface area contributed by atoms with Gasteiger partial charge in [0.2, 0.25) is 5.82 Å². The molecule has 23 heavy (non-hydrogen) atoms. The van der Waals surface area contributed by atoms with Gasteiger partial charge in [-0.2, -0.15) is 4.98 Å². The van der Waals surface area contributed by atoms with E-state index in [2.05, 4.69) is 20.8 Å². The summed E-state index contributed by atoms with van der Waals surface area (Å²) in [5.74, 6) is 0.432. The number of sulfone groups is 1. The van der Waals surface area contributed by atoms with Gasteiger partial charge in [0.05, 0.1) is 4.90 Å². The van der Waals surface area contributed by atoms with Gasteiger partial charge < -0.3 is 15.2 Å². The topological polar surface area (TPSA) is 97.1 Å². The third-order valence-electron chi connectivity index (χ3n) is 3.63. The summed E-state index contributed by atoms with van der Waals surface area (Å²) in [6.45, 7) is 1.79. The zero-order valence-corrected chi connectivity index (χ0v) is 14.3. The van der Waals surface area contributed by atoms with Gasteiger partial charge in [0.25, 0.3) is 0 Å². The second-order valence-corrected chi connectivity index (χ2v) is 7.41. The van der Waals surface area contributed by atoms with Gasteiger partial charge in [-0.05, 0) is 43.7 Å². The number of benzene rings is 1. The van der Waals surface area contributed by atoms with Crippen LogP contribution in [0.3, 0.4) is 0 Å². The summed E-state index contributed by atoms with van der Waals surface area (Å²) in [5.41, 5.74) is 0.711. The number of anilines is 1. The third kappa shape index (κ3) is 4.43. The van der Waals surface area contributed by atoms with E-state index in [0.29, 0.717) is 23.4 Å². The van der Waals surface area contributed by atoms with E-state index in [0.717, 1.165) is 19.5 Å². The van der Waals surface area contributed by atoms with Gasteiger partial charge in [0.15, 0.2) is 9.84 Å². The molecule has 0 radical (unpaired) electrons. The molecule has 3 rings (SSSR count). The summed E-state index contributed by atoms with van der Waals surface area (Å²) < 4.78 is 28.0.